The van der Waals surface area contributed by atoms with E-state index < -0.39 is 11.9 Å². The highest BCUT2D eigenvalue weighted by Crippen LogP contribution is 2.44. The average Bonchev–Trinajstić information content (AvgIpc) is 3.50. The summed E-state index contributed by atoms with van der Waals surface area (Å²) in [5.41, 5.74) is 0.403. The molecule has 1 saturated heterocycles. The van der Waals surface area contributed by atoms with Crippen molar-refractivity contribution >= 4 is 11.7 Å². The van der Waals surface area contributed by atoms with Gasteiger partial charge in [0.1, 0.15) is 11.5 Å². The second-order valence-electron chi connectivity index (χ2n) is 8.43. The van der Waals surface area contributed by atoms with Gasteiger partial charge in [-0.1, -0.05) is 0 Å². The number of hydrogen-bond donors (Lipinski definition) is 1. The molecule has 5 rings (SSSR count). The summed E-state index contributed by atoms with van der Waals surface area (Å²) in [5.74, 6) is 0.279. The molecule has 1 saturated carbocycles. The Morgan fingerprint density at radius 1 is 1.12 bits per heavy atom. The molecule has 33 heavy (non-hydrogen) atoms. The van der Waals surface area contributed by atoms with Gasteiger partial charge in [-0.2, -0.15) is 23.4 Å². The van der Waals surface area contributed by atoms with E-state index in [-0.39, 0.29) is 41.5 Å². The molecule has 4 atom stereocenters. The van der Waals surface area contributed by atoms with Gasteiger partial charge in [-0.3, -0.25) is 4.79 Å². The van der Waals surface area contributed by atoms with Crippen molar-refractivity contribution in [2.75, 3.05) is 5.32 Å². The molecule has 0 spiro atoms. The van der Waals surface area contributed by atoms with Crippen molar-refractivity contribution in [2.24, 2.45) is 5.92 Å². The summed E-state index contributed by atoms with van der Waals surface area (Å²) in [6.07, 6.45) is 1.87. The summed E-state index contributed by atoms with van der Waals surface area (Å²) in [6, 6.07) is 3.25. The second kappa shape index (κ2) is 7.78. The molecule has 2 bridgehead atoms. The number of anilines is 1. The minimum atomic E-state index is -4.54. The van der Waals surface area contributed by atoms with Crippen molar-refractivity contribution < 1.29 is 18.0 Å². The first kappa shape index (κ1) is 21.3. The van der Waals surface area contributed by atoms with Crippen LogP contribution < -0.4 is 5.32 Å². The maximum Gasteiger partial charge on any atom is 0.434 e. The van der Waals surface area contributed by atoms with E-state index in [0.29, 0.717) is 17.6 Å². The first-order valence-corrected chi connectivity index (χ1v) is 10.5. The Bertz CT molecular complexity index is 1170. The van der Waals surface area contributed by atoms with Crippen molar-refractivity contribution in [1.82, 2.24) is 34.8 Å². The van der Waals surface area contributed by atoms with Gasteiger partial charge in [0.2, 0.25) is 0 Å². The van der Waals surface area contributed by atoms with Crippen LogP contribution in [0.5, 0.6) is 0 Å². The fraction of sp³-hybridized carbons (Fsp3) is 0.429. The van der Waals surface area contributed by atoms with Gasteiger partial charge in [0.15, 0.2) is 11.4 Å². The van der Waals surface area contributed by atoms with Gasteiger partial charge < -0.3 is 10.2 Å². The van der Waals surface area contributed by atoms with Gasteiger partial charge in [-0.25, -0.2) is 15.0 Å². The van der Waals surface area contributed by atoms with E-state index in [1.54, 1.807) is 12.1 Å². The molecular weight excluding hydrogens is 437 g/mol. The third-order valence-electron chi connectivity index (χ3n) is 6.40. The summed E-state index contributed by atoms with van der Waals surface area (Å²) in [4.78, 5) is 28.7. The van der Waals surface area contributed by atoms with Gasteiger partial charge in [-0.05, 0) is 44.7 Å². The predicted molar refractivity (Wildman–Crippen MR) is 110 cm³/mol. The van der Waals surface area contributed by atoms with Gasteiger partial charge in [0.25, 0.3) is 5.91 Å². The van der Waals surface area contributed by atoms with Crippen molar-refractivity contribution in [2.45, 2.75) is 51.0 Å². The highest BCUT2D eigenvalue weighted by Gasteiger charge is 2.52. The van der Waals surface area contributed by atoms with E-state index >= 15 is 0 Å². The van der Waals surface area contributed by atoms with Gasteiger partial charge in [0, 0.05) is 17.8 Å². The van der Waals surface area contributed by atoms with Crippen LogP contribution in [0.2, 0.25) is 0 Å². The number of nitrogens with one attached hydrogen (secondary N) is 1. The largest absolute Gasteiger partial charge is 0.434 e. The Labute approximate surface area is 187 Å². The number of pyridine rings is 1. The molecule has 3 aromatic rings. The number of likely N-dealkylation sites (tertiary alicyclic amines) is 1. The van der Waals surface area contributed by atoms with E-state index in [9.17, 15) is 18.0 Å². The van der Waals surface area contributed by atoms with E-state index in [2.05, 4.69) is 30.5 Å². The molecule has 1 N–H and O–H groups in total. The van der Waals surface area contributed by atoms with E-state index in [1.807, 2.05) is 18.7 Å². The number of nitrogens with zero attached hydrogens (tertiary/aromatic N) is 7. The lowest BCUT2D eigenvalue weighted by atomic mass is 9.97. The number of carbonyl (C=O) groups is 1. The number of alkyl halides is 3. The second-order valence-corrected chi connectivity index (χ2v) is 8.43. The van der Waals surface area contributed by atoms with Crippen molar-refractivity contribution in [3.8, 4) is 5.69 Å². The third-order valence-corrected chi connectivity index (χ3v) is 6.40. The van der Waals surface area contributed by atoms with Crippen LogP contribution >= 0.6 is 0 Å². The average molecular weight is 458 g/mol. The standard InChI is InChI=1S/C21H21F3N8O/c1-11-3-4-15(32-27-5-6-28-32)19(29-11)20(33)31-12(2)13-7-14(16(31)8-13)30-18-10-25-17(9-26-18)21(22,23)24/h3-6,9-10,12-14,16H,7-8H2,1-2H3,(H,26,30)/t12-,13+,14-,16+/m0/s1. The molecule has 2 fully saturated rings. The van der Waals surface area contributed by atoms with Gasteiger partial charge in [-0.15, -0.1) is 4.80 Å². The monoisotopic (exact) mass is 458 g/mol. The van der Waals surface area contributed by atoms with Crippen LogP contribution in [0.4, 0.5) is 19.0 Å². The maximum absolute atomic E-state index is 13.7. The Kier molecular flexibility index (Phi) is 5.02. The van der Waals surface area contributed by atoms with Crippen LogP contribution in [0, 0.1) is 12.8 Å². The first-order chi connectivity index (χ1) is 15.7. The normalized spacial score (nSPS) is 24.3. The number of halogens is 3. The molecule has 1 aliphatic carbocycles. The maximum atomic E-state index is 13.7. The molecule has 0 aromatic carbocycles. The Morgan fingerprint density at radius 3 is 2.52 bits per heavy atom. The molecular formula is C21H21F3N8O. The van der Waals surface area contributed by atoms with Crippen molar-refractivity contribution in [3.63, 3.8) is 0 Å². The van der Waals surface area contributed by atoms with Crippen molar-refractivity contribution in [3.05, 3.63) is 54.0 Å². The van der Waals surface area contributed by atoms with Crippen LogP contribution in [-0.4, -0.2) is 58.9 Å². The zero-order valence-electron chi connectivity index (χ0n) is 17.9. The lowest BCUT2D eigenvalue weighted by Gasteiger charge is -2.38. The highest BCUT2D eigenvalue weighted by atomic mass is 19.4. The number of fused-ring (bicyclic) bond motifs is 2. The van der Waals surface area contributed by atoms with E-state index in [1.165, 1.54) is 17.2 Å². The molecule has 12 heteroatoms. The highest BCUT2D eigenvalue weighted by molar-refractivity contribution is 5.96. The lowest BCUT2D eigenvalue weighted by molar-refractivity contribution is -0.141. The van der Waals surface area contributed by atoms with E-state index in [0.717, 1.165) is 19.0 Å². The summed E-state index contributed by atoms with van der Waals surface area (Å²) in [7, 11) is 0. The first-order valence-electron chi connectivity index (χ1n) is 10.5. The van der Waals surface area contributed by atoms with Gasteiger partial charge >= 0.3 is 6.18 Å². The number of aromatic nitrogens is 6. The summed E-state index contributed by atoms with van der Waals surface area (Å²) in [6.45, 7) is 3.82. The van der Waals surface area contributed by atoms with Crippen LogP contribution in [-0.2, 0) is 6.18 Å². The summed E-state index contributed by atoms with van der Waals surface area (Å²) < 4.78 is 38.3. The quantitative estimate of drug-likeness (QED) is 0.642. The SMILES string of the molecule is Cc1ccc(-n2nccn2)c(C(=O)N2[C@@H]3C[C@@H](C[C@@H]3Nc3cnc(C(F)(F)F)cn3)[C@@H]2C)n1. The summed E-state index contributed by atoms with van der Waals surface area (Å²) >= 11 is 0. The molecule has 4 heterocycles. The topological polar surface area (TPSA) is 102 Å². The third kappa shape index (κ3) is 3.79. The lowest BCUT2D eigenvalue weighted by Crippen LogP contribution is -2.52. The number of aryl methyl sites for hydroxylation is 1. The predicted octanol–water partition coefficient (Wildman–Crippen LogP) is 2.88. The van der Waals surface area contributed by atoms with Crippen molar-refractivity contribution in [1.29, 1.82) is 0 Å². The molecule has 1 amide bonds. The van der Waals surface area contributed by atoms with Crippen LogP contribution in [0.1, 0.15) is 41.6 Å². The zero-order valence-corrected chi connectivity index (χ0v) is 17.9. The van der Waals surface area contributed by atoms with Gasteiger partial charge in [0.05, 0.1) is 30.8 Å². The summed E-state index contributed by atoms with van der Waals surface area (Å²) in [5, 5.41) is 11.4. The molecule has 3 aromatic heterocycles. The molecule has 172 valence electrons. The molecule has 2 aliphatic rings. The number of rotatable bonds is 4. The van der Waals surface area contributed by atoms with Crippen LogP contribution in [0.15, 0.2) is 36.9 Å². The Morgan fingerprint density at radius 2 is 1.88 bits per heavy atom. The van der Waals surface area contributed by atoms with Crippen LogP contribution in [0.3, 0.4) is 0 Å². The minimum absolute atomic E-state index is 0.0000163. The minimum Gasteiger partial charge on any atom is -0.364 e. The number of carbonyl (C=O) groups excluding carboxylic acids is 1. The molecule has 0 unspecified atom stereocenters. The smallest absolute Gasteiger partial charge is 0.364 e. The fourth-order valence-electron chi connectivity index (χ4n) is 4.84. The Hall–Kier alpha value is -3.57. The van der Waals surface area contributed by atoms with Crippen LogP contribution in [0.25, 0.3) is 5.69 Å². The fourth-order valence-corrected chi connectivity index (χ4v) is 4.84. The molecule has 1 aliphatic heterocycles. The zero-order chi connectivity index (χ0) is 23.3. The number of amides is 1. The Balaban J connectivity index is 1.40. The number of piperidine rings is 1. The van der Waals surface area contributed by atoms with E-state index in [4.69, 9.17) is 0 Å². The number of hydrogen-bond acceptors (Lipinski definition) is 7. The molecule has 0 radical (unpaired) electrons. The molecule has 9 nitrogen and oxygen atoms in total.